The van der Waals surface area contributed by atoms with Gasteiger partial charge in [-0.25, -0.2) is 5.43 Å². The second-order valence-electron chi connectivity index (χ2n) is 7.81. The van der Waals surface area contributed by atoms with E-state index in [1.807, 2.05) is 66.7 Å². The van der Waals surface area contributed by atoms with Crippen LogP contribution in [0.15, 0.2) is 102 Å². The van der Waals surface area contributed by atoms with Gasteiger partial charge in [-0.15, -0.1) is 0 Å². The second-order valence-corrected chi connectivity index (χ2v) is 7.81. The summed E-state index contributed by atoms with van der Waals surface area (Å²) in [4.78, 5) is 12.9. The number of fused-ring (bicyclic) bond motifs is 2. The topological polar surface area (TPSA) is 55.6 Å². The van der Waals surface area contributed by atoms with Crippen molar-refractivity contribution in [3.8, 4) is 5.75 Å². The zero-order valence-electron chi connectivity index (χ0n) is 18.2. The lowest BCUT2D eigenvalue weighted by Crippen LogP contribution is -2.18. The van der Waals surface area contributed by atoms with Gasteiger partial charge in [0.15, 0.2) is 0 Å². The Morgan fingerprint density at radius 1 is 0.939 bits per heavy atom. The molecule has 5 aromatic rings. The van der Waals surface area contributed by atoms with Crippen LogP contribution in [0.3, 0.4) is 0 Å². The van der Waals surface area contributed by atoms with Crippen LogP contribution >= 0.6 is 0 Å². The number of hydrogen-bond acceptors (Lipinski definition) is 3. The number of hydrazone groups is 1. The number of aromatic nitrogens is 1. The van der Waals surface area contributed by atoms with E-state index in [0.717, 1.165) is 33.8 Å². The largest absolute Gasteiger partial charge is 0.496 e. The molecule has 0 saturated heterocycles. The number of benzene rings is 4. The van der Waals surface area contributed by atoms with Crippen molar-refractivity contribution in [1.82, 2.24) is 9.99 Å². The van der Waals surface area contributed by atoms with Crippen LogP contribution in [0.4, 0.5) is 0 Å². The van der Waals surface area contributed by atoms with Crippen molar-refractivity contribution in [3.05, 3.63) is 114 Å². The van der Waals surface area contributed by atoms with Gasteiger partial charge in [-0.1, -0.05) is 72.8 Å². The minimum absolute atomic E-state index is 0.318. The molecule has 5 rings (SSSR count). The number of para-hydroxylation sites is 1. The van der Waals surface area contributed by atoms with Crippen molar-refractivity contribution in [2.45, 2.75) is 6.54 Å². The van der Waals surface area contributed by atoms with Crippen molar-refractivity contribution >= 4 is 33.8 Å². The van der Waals surface area contributed by atoms with Gasteiger partial charge in [-0.3, -0.25) is 4.79 Å². The first-order chi connectivity index (χ1) is 16.2. The van der Waals surface area contributed by atoms with Crippen LogP contribution in [0.1, 0.15) is 21.5 Å². The molecule has 0 aliphatic rings. The summed E-state index contributed by atoms with van der Waals surface area (Å²) in [6, 6.07) is 30.1. The van der Waals surface area contributed by atoms with E-state index in [9.17, 15) is 4.79 Å². The van der Waals surface area contributed by atoms with E-state index < -0.39 is 0 Å². The van der Waals surface area contributed by atoms with Crippen molar-refractivity contribution in [1.29, 1.82) is 0 Å². The Hall–Kier alpha value is -4.38. The number of amides is 1. The molecule has 0 unspecified atom stereocenters. The highest BCUT2D eigenvalue weighted by Crippen LogP contribution is 2.26. The molecule has 0 spiro atoms. The second kappa shape index (κ2) is 9.01. The maximum Gasteiger partial charge on any atom is 0.275 e. The van der Waals surface area contributed by atoms with Gasteiger partial charge in [0.2, 0.25) is 0 Å². The summed E-state index contributed by atoms with van der Waals surface area (Å²) in [5.41, 5.74) is 6.37. The molecule has 1 heterocycles. The zero-order chi connectivity index (χ0) is 22.6. The first-order valence-corrected chi connectivity index (χ1v) is 10.7. The number of hydrogen-bond donors (Lipinski definition) is 1. The van der Waals surface area contributed by atoms with Gasteiger partial charge in [0, 0.05) is 29.2 Å². The minimum atomic E-state index is -0.318. The van der Waals surface area contributed by atoms with Gasteiger partial charge < -0.3 is 9.30 Å². The minimum Gasteiger partial charge on any atom is -0.496 e. The molecular formula is C28H23N3O2. The summed E-state index contributed by atoms with van der Waals surface area (Å²) < 4.78 is 7.64. The van der Waals surface area contributed by atoms with E-state index in [0.29, 0.717) is 11.3 Å². The molecule has 1 amide bonds. The van der Waals surface area contributed by atoms with Crippen molar-refractivity contribution in [2.24, 2.45) is 5.10 Å². The highest BCUT2D eigenvalue weighted by atomic mass is 16.5. The first-order valence-electron chi connectivity index (χ1n) is 10.7. The predicted molar refractivity (Wildman–Crippen MR) is 133 cm³/mol. The van der Waals surface area contributed by atoms with Gasteiger partial charge in [-0.05, 0) is 34.5 Å². The molecule has 5 heteroatoms. The summed E-state index contributed by atoms with van der Waals surface area (Å²) >= 11 is 0. The Morgan fingerprint density at radius 3 is 2.42 bits per heavy atom. The van der Waals surface area contributed by atoms with E-state index in [-0.39, 0.29) is 5.91 Å². The molecule has 0 bridgehead atoms. The molecule has 0 saturated carbocycles. The molecule has 162 valence electrons. The van der Waals surface area contributed by atoms with E-state index in [1.54, 1.807) is 13.3 Å². The quantitative estimate of drug-likeness (QED) is 0.279. The van der Waals surface area contributed by atoms with E-state index in [4.69, 9.17) is 4.74 Å². The third kappa shape index (κ3) is 4.21. The zero-order valence-corrected chi connectivity index (χ0v) is 18.2. The fourth-order valence-corrected chi connectivity index (χ4v) is 4.08. The normalized spacial score (nSPS) is 11.3. The van der Waals surface area contributed by atoms with Crippen LogP contribution in [0.2, 0.25) is 0 Å². The summed E-state index contributed by atoms with van der Waals surface area (Å²) in [5.74, 6) is 0.197. The Morgan fingerprint density at radius 2 is 1.64 bits per heavy atom. The summed E-state index contributed by atoms with van der Waals surface area (Å²) in [6.45, 7) is 0.760. The molecular weight excluding hydrogens is 410 g/mol. The van der Waals surface area contributed by atoms with Gasteiger partial charge >= 0.3 is 0 Å². The van der Waals surface area contributed by atoms with Crippen LogP contribution < -0.4 is 10.2 Å². The third-order valence-corrected chi connectivity index (χ3v) is 5.70. The molecule has 0 atom stereocenters. The van der Waals surface area contributed by atoms with Crippen LogP contribution in [-0.4, -0.2) is 23.8 Å². The first kappa shape index (κ1) is 20.5. The number of nitrogens with zero attached hydrogens (tertiary/aromatic N) is 2. The van der Waals surface area contributed by atoms with Gasteiger partial charge in [-0.2, -0.15) is 5.10 Å². The maximum atomic E-state index is 12.9. The lowest BCUT2D eigenvalue weighted by atomic mass is 10.1. The van der Waals surface area contributed by atoms with Gasteiger partial charge in [0.05, 0.1) is 18.9 Å². The average Bonchev–Trinajstić information content (AvgIpc) is 3.21. The number of ether oxygens (including phenoxy) is 1. The average molecular weight is 434 g/mol. The molecule has 0 aliphatic heterocycles. The summed E-state index contributed by atoms with van der Waals surface area (Å²) in [5, 5.41) is 7.31. The highest BCUT2D eigenvalue weighted by Gasteiger charge is 2.13. The standard InChI is InChI=1S/C28H23N3O2/c1-33-27-16-22-12-6-5-11-21(22)15-25(27)28(32)30-29-17-23-19-31(18-20-9-3-2-4-10-20)26-14-8-7-13-24(23)26/h2-17,19H,18H2,1H3,(H,30,32)/b29-17-. The van der Waals surface area contributed by atoms with Crippen LogP contribution in [0, 0.1) is 0 Å². The van der Waals surface area contributed by atoms with Gasteiger partial charge in [0.25, 0.3) is 5.91 Å². The van der Waals surface area contributed by atoms with E-state index >= 15 is 0 Å². The molecule has 33 heavy (non-hydrogen) atoms. The number of rotatable bonds is 6. The fourth-order valence-electron chi connectivity index (χ4n) is 4.08. The molecule has 1 N–H and O–H groups in total. The fraction of sp³-hybridized carbons (Fsp3) is 0.0714. The third-order valence-electron chi connectivity index (χ3n) is 5.70. The number of carbonyl (C=O) groups is 1. The highest BCUT2D eigenvalue weighted by molar-refractivity contribution is 6.03. The Kier molecular flexibility index (Phi) is 5.60. The molecule has 0 fully saturated rings. The Balaban J connectivity index is 1.40. The summed E-state index contributed by atoms with van der Waals surface area (Å²) in [7, 11) is 1.56. The Labute approximate surface area is 191 Å². The van der Waals surface area contributed by atoms with E-state index in [1.165, 1.54) is 5.56 Å². The summed E-state index contributed by atoms with van der Waals surface area (Å²) in [6.07, 6.45) is 3.75. The van der Waals surface area contributed by atoms with Gasteiger partial charge in [0.1, 0.15) is 5.75 Å². The number of carbonyl (C=O) groups excluding carboxylic acids is 1. The molecule has 5 nitrogen and oxygen atoms in total. The van der Waals surface area contributed by atoms with Crippen LogP contribution in [0.25, 0.3) is 21.7 Å². The smallest absolute Gasteiger partial charge is 0.275 e. The SMILES string of the molecule is COc1cc2ccccc2cc1C(=O)N/N=C\c1cn(Cc2ccccc2)c2ccccc12. The molecule has 4 aromatic carbocycles. The number of methoxy groups -OCH3 is 1. The van der Waals surface area contributed by atoms with Crippen molar-refractivity contribution < 1.29 is 9.53 Å². The molecule has 0 radical (unpaired) electrons. The van der Waals surface area contributed by atoms with Crippen LogP contribution in [-0.2, 0) is 6.54 Å². The monoisotopic (exact) mass is 433 g/mol. The maximum absolute atomic E-state index is 12.9. The molecule has 0 aliphatic carbocycles. The Bertz CT molecular complexity index is 1470. The van der Waals surface area contributed by atoms with Crippen molar-refractivity contribution in [2.75, 3.05) is 7.11 Å². The lowest BCUT2D eigenvalue weighted by Gasteiger charge is -2.09. The number of nitrogens with one attached hydrogen (secondary N) is 1. The molecule has 1 aromatic heterocycles. The lowest BCUT2D eigenvalue weighted by molar-refractivity contribution is 0.0952. The van der Waals surface area contributed by atoms with Crippen LogP contribution in [0.5, 0.6) is 5.75 Å². The predicted octanol–water partition coefficient (Wildman–Crippen LogP) is 5.62. The van der Waals surface area contributed by atoms with Crippen molar-refractivity contribution in [3.63, 3.8) is 0 Å². The van der Waals surface area contributed by atoms with E-state index in [2.05, 4.69) is 45.6 Å².